The van der Waals surface area contributed by atoms with E-state index in [2.05, 4.69) is 30.2 Å². The number of anilines is 4. The Hall–Kier alpha value is -3.27. The maximum atomic E-state index is 5.74. The zero-order valence-corrected chi connectivity index (χ0v) is 17.0. The van der Waals surface area contributed by atoms with Crippen molar-refractivity contribution in [3.05, 3.63) is 30.4 Å². The lowest BCUT2D eigenvalue weighted by molar-refractivity contribution is 0.140. The van der Waals surface area contributed by atoms with E-state index in [0.29, 0.717) is 5.95 Å². The van der Waals surface area contributed by atoms with E-state index in [-0.39, 0.29) is 5.54 Å². The van der Waals surface area contributed by atoms with Crippen LogP contribution in [0.2, 0.25) is 0 Å². The number of pyridine rings is 1. The molecule has 10 nitrogen and oxygen atoms in total. The van der Waals surface area contributed by atoms with E-state index in [4.69, 9.17) is 14.7 Å². The highest BCUT2D eigenvalue weighted by Crippen LogP contribution is 2.45. The zero-order valence-electron chi connectivity index (χ0n) is 17.0. The zero-order chi connectivity index (χ0) is 20.3. The minimum Gasteiger partial charge on any atom is -0.381 e. The molecule has 0 aliphatic carbocycles. The molecule has 3 aromatic rings. The predicted molar refractivity (Wildman–Crippen MR) is 114 cm³/mol. The number of hydrogen-bond acceptors (Lipinski definition) is 9. The summed E-state index contributed by atoms with van der Waals surface area (Å²) >= 11 is 0. The van der Waals surface area contributed by atoms with Gasteiger partial charge in [-0.25, -0.2) is 19.5 Å². The summed E-state index contributed by atoms with van der Waals surface area (Å²) in [6.45, 7) is 4.38. The first kappa shape index (κ1) is 17.6. The summed E-state index contributed by atoms with van der Waals surface area (Å²) in [5.41, 5.74) is 3.67. The SMILES string of the molecule is Cc1cc2ncnn2cc1Nc1ncc2c(n1)N1C(=NC[C@@]13CCCOCC3)N2C. The number of ether oxygens (including phenoxy) is 1. The molecule has 0 unspecified atom stereocenters. The van der Waals surface area contributed by atoms with E-state index in [0.717, 1.165) is 73.4 Å². The molecule has 1 spiro atoms. The Kier molecular flexibility index (Phi) is 3.73. The van der Waals surface area contributed by atoms with E-state index < -0.39 is 0 Å². The van der Waals surface area contributed by atoms with E-state index in [1.165, 1.54) is 0 Å². The van der Waals surface area contributed by atoms with Crippen LogP contribution < -0.4 is 15.1 Å². The van der Waals surface area contributed by atoms with Crippen LogP contribution in [0.15, 0.2) is 29.8 Å². The quantitative estimate of drug-likeness (QED) is 0.693. The molecule has 0 amide bonds. The second kappa shape index (κ2) is 6.36. The fraction of sp³-hybridized carbons (Fsp3) is 0.450. The lowest BCUT2D eigenvalue weighted by atomic mass is 9.90. The van der Waals surface area contributed by atoms with E-state index in [1.54, 1.807) is 10.8 Å². The van der Waals surface area contributed by atoms with Crippen LogP contribution >= 0.6 is 0 Å². The summed E-state index contributed by atoms with van der Waals surface area (Å²) < 4.78 is 7.48. The van der Waals surface area contributed by atoms with Gasteiger partial charge in [0.05, 0.1) is 30.2 Å². The average Bonchev–Trinajstić information content (AvgIpc) is 3.35. The first-order chi connectivity index (χ1) is 14.6. The van der Waals surface area contributed by atoms with Gasteiger partial charge in [-0.1, -0.05) is 0 Å². The molecule has 1 N–H and O–H groups in total. The normalized spacial score (nSPS) is 22.9. The standard InChI is InChI=1S/C20H23N9O/c1-13-8-16-23-12-24-28(16)10-14(13)25-18-21-9-15-17(26-18)29-19(27(15)2)22-11-20(29)4-3-6-30-7-5-20/h8-10,12H,3-7,11H2,1-2H3,(H,21,25,26)/t20-/m0/s1. The Bertz CT molecular complexity index is 1160. The van der Waals surface area contributed by atoms with Crippen molar-refractivity contribution in [2.75, 3.05) is 41.9 Å². The molecule has 0 radical (unpaired) electrons. The molecule has 154 valence electrons. The Morgan fingerprint density at radius 3 is 3.07 bits per heavy atom. The molecule has 6 heterocycles. The monoisotopic (exact) mass is 405 g/mol. The van der Waals surface area contributed by atoms with Crippen LogP contribution in [0.4, 0.5) is 23.1 Å². The second-order valence-electron chi connectivity index (χ2n) is 8.16. The molecule has 1 atom stereocenters. The fourth-order valence-corrected chi connectivity index (χ4v) is 4.67. The van der Waals surface area contributed by atoms with Crippen LogP contribution in [-0.4, -0.2) is 62.9 Å². The smallest absolute Gasteiger partial charge is 0.229 e. The molecule has 3 aliphatic heterocycles. The van der Waals surface area contributed by atoms with Crippen LogP contribution in [-0.2, 0) is 4.74 Å². The molecule has 10 heteroatoms. The summed E-state index contributed by atoms with van der Waals surface area (Å²) in [6, 6.07) is 1.99. The van der Waals surface area contributed by atoms with Crippen LogP contribution in [0.5, 0.6) is 0 Å². The summed E-state index contributed by atoms with van der Waals surface area (Å²) in [5.74, 6) is 2.42. The molecule has 0 aromatic carbocycles. The van der Waals surface area contributed by atoms with Crippen LogP contribution in [0.25, 0.3) is 5.65 Å². The first-order valence-corrected chi connectivity index (χ1v) is 10.2. The minimum absolute atomic E-state index is 0.0630. The van der Waals surface area contributed by atoms with E-state index >= 15 is 0 Å². The molecular weight excluding hydrogens is 382 g/mol. The van der Waals surface area contributed by atoms with Crippen molar-refractivity contribution in [2.24, 2.45) is 4.99 Å². The first-order valence-electron chi connectivity index (χ1n) is 10.2. The van der Waals surface area contributed by atoms with Crippen molar-refractivity contribution in [2.45, 2.75) is 31.7 Å². The molecule has 3 aromatic heterocycles. The third-order valence-corrected chi connectivity index (χ3v) is 6.32. The average molecular weight is 405 g/mol. The van der Waals surface area contributed by atoms with Crippen molar-refractivity contribution >= 4 is 34.7 Å². The Morgan fingerprint density at radius 1 is 1.20 bits per heavy atom. The summed E-state index contributed by atoms with van der Waals surface area (Å²) in [6.07, 6.45) is 8.35. The van der Waals surface area contributed by atoms with Gasteiger partial charge < -0.3 is 15.0 Å². The van der Waals surface area contributed by atoms with Gasteiger partial charge in [0, 0.05) is 20.3 Å². The second-order valence-corrected chi connectivity index (χ2v) is 8.16. The highest BCUT2D eigenvalue weighted by molar-refractivity contribution is 6.17. The third-order valence-electron chi connectivity index (χ3n) is 6.32. The molecule has 6 rings (SSSR count). The molecular formula is C20H23N9O. The molecule has 1 saturated heterocycles. The van der Waals surface area contributed by atoms with E-state index in [1.807, 2.05) is 32.4 Å². The maximum absolute atomic E-state index is 5.74. The van der Waals surface area contributed by atoms with Gasteiger partial charge in [-0.2, -0.15) is 10.1 Å². The van der Waals surface area contributed by atoms with Crippen LogP contribution in [0.1, 0.15) is 24.8 Å². The Morgan fingerprint density at radius 2 is 2.13 bits per heavy atom. The van der Waals surface area contributed by atoms with Crippen molar-refractivity contribution < 1.29 is 4.74 Å². The lowest BCUT2D eigenvalue weighted by Crippen LogP contribution is -2.50. The lowest BCUT2D eigenvalue weighted by Gasteiger charge is -2.35. The summed E-state index contributed by atoms with van der Waals surface area (Å²) in [5, 5.41) is 7.58. The van der Waals surface area contributed by atoms with Crippen molar-refractivity contribution in [3.63, 3.8) is 0 Å². The molecule has 0 bridgehead atoms. The maximum Gasteiger partial charge on any atom is 0.229 e. The number of aromatic nitrogens is 5. The number of aryl methyl sites for hydroxylation is 1. The highest BCUT2D eigenvalue weighted by atomic mass is 16.5. The topological polar surface area (TPSA) is 96.1 Å². The largest absolute Gasteiger partial charge is 0.381 e. The number of guanidine groups is 1. The van der Waals surface area contributed by atoms with Gasteiger partial charge in [0.1, 0.15) is 12.0 Å². The van der Waals surface area contributed by atoms with Crippen molar-refractivity contribution in [3.8, 4) is 0 Å². The number of nitrogens with one attached hydrogen (secondary N) is 1. The van der Waals surface area contributed by atoms with Gasteiger partial charge in [0.15, 0.2) is 11.5 Å². The van der Waals surface area contributed by atoms with Crippen LogP contribution in [0.3, 0.4) is 0 Å². The van der Waals surface area contributed by atoms with Gasteiger partial charge in [-0.3, -0.25) is 4.90 Å². The Balaban J connectivity index is 1.38. The third kappa shape index (κ3) is 2.49. The van der Waals surface area contributed by atoms with Gasteiger partial charge in [-0.05, 0) is 37.8 Å². The number of rotatable bonds is 2. The van der Waals surface area contributed by atoms with E-state index in [9.17, 15) is 0 Å². The number of hydrogen-bond donors (Lipinski definition) is 1. The van der Waals surface area contributed by atoms with Crippen molar-refractivity contribution in [1.82, 2.24) is 24.6 Å². The summed E-state index contributed by atoms with van der Waals surface area (Å²) in [4.78, 5) is 23.0. The number of nitrogens with zero attached hydrogens (tertiary/aromatic N) is 8. The Labute approximate surface area is 173 Å². The van der Waals surface area contributed by atoms with Gasteiger partial charge in [0.25, 0.3) is 0 Å². The van der Waals surface area contributed by atoms with Gasteiger partial charge in [0.2, 0.25) is 11.9 Å². The number of aliphatic imine (C=N–C) groups is 1. The predicted octanol–water partition coefficient (Wildman–Crippen LogP) is 2.14. The van der Waals surface area contributed by atoms with Gasteiger partial charge >= 0.3 is 0 Å². The molecule has 30 heavy (non-hydrogen) atoms. The molecule has 3 aliphatic rings. The fourth-order valence-electron chi connectivity index (χ4n) is 4.67. The molecule has 1 fully saturated rings. The number of fused-ring (bicyclic) bond motifs is 5. The van der Waals surface area contributed by atoms with Crippen molar-refractivity contribution in [1.29, 1.82) is 0 Å². The van der Waals surface area contributed by atoms with Crippen LogP contribution in [0, 0.1) is 6.92 Å². The molecule has 0 saturated carbocycles. The summed E-state index contributed by atoms with van der Waals surface area (Å²) in [7, 11) is 2.03. The minimum atomic E-state index is -0.0630. The van der Waals surface area contributed by atoms with Gasteiger partial charge in [-0.15, -0.1) is 0 Å². The highest BCUT2D eigenvalue weighted by Gasteiger charge is 2.50.